The molecule has 1 fully saturated rings. The Balaban J connectivity index is 0.00000240. The fraction of sp³-hybridized carbons (Fsp3) is 0.458. The number of carbonyl (C=O) groups is 1. The van der Waals surface area contributed by atoms with Crippen molar-refractivity contribution in [3.05, 3.63) is 65.7 Å². The molecular weight excluding hydrogens is 382 g/mol. The van der Waals surface area contributed by atoms with E-state index in [1.54, 1.807) is 0 Å². The molecule has 156 valence electrons. The van der Waals surface area contributed by atoms with Crippen LogP contribution in [-0.2, 0) is 10.2 Å². The minimum atomic E-state index is -0.617. The molecule has 1 unspecified atom stereocenters. The first-order valence-corrected chi connectivity index (χ1v) is 10.5. The first-order chi connectivity index (χ1) is 13.6. The van der Waals surface area contributed by atoms with Gasteiger partial charge in [0.25, 0.3) is 5.91 Å². The number of para-hydroxylation sites is 1. The fourth-order valence-electron chi connectivity index (χ4n) is 4.89. The fourth-order valence-corrected chi connectivity index (χ4v) is 4.89. The third kappa shape index (κ3) is 3.94. The highest BCUT2D eigenvalue weighted by atomic mass is 35.5. The summed E-state index contributed by atoms with van der Waals surface area (Å²) >= 11 is 0. The molecule has 2 aliphatic heterocycles. The van der Waals surface area contributed by atoms with E-state index in [0.717, 1.165) is 42.9 Å². The Morgan fingerprint density at radius 2 is 1.52 bits per heavy atom. The second kappa shape index (κ2) is 9.29. The van der Waals surface area contributed by atoms with Gasteiger partial charge in [-0.25, -0.2) is 10.0 Å². The molecule has 0 aliphatic carbocycles. The molecule has 1 saturated heterocycles. The van der Waals surface area contributed by atoms with Crippen molar-refractivity contribution >= 4 is 24.0 Å². The van der Waals surface area contributed by atoms with Crippen molar-refractivity contribution in [3.63, 3.8) is 0 Å². The number of carbonyl (C=O) groups excluding carboxylic acids is 1. The Labute approximate surface area is 180 Å². The smallest absolute Gasteiger partial charge is 0.256 e. The van der Waals surface area contributed by atoms with Gasteiger partial charge < -0.3 is 4.90 Å². The predicted octanol–water partition coefficient (Wildman–Crippen LogP) is 4.48. The predicted molar refractivity (Wildman–Crippen MR) is 122 cm³/mol. The maximum absolute atomic E-state index is 13.9. The summed E-state index contributed by atoms with van der Waals surface area (Å²) in [5.41, 5.74) is 2.63. The van der Waals surface area contributed by atoms with Crippen LogP contribution in [0, 0.1) is 0 Å². The van der Waals surface area contributed by atoms with Gasteiger partial charge in [0.15, 0.2) is 0 Å². The number of hydrogen-bond acceptors (Lipinski definition) is 3. The molecule has 5 heteroatoms. The summed E-state index contributed by atoms with van der Waals surface area (Å²) in [5, 5.41) is 3.77. The van der Waals surface area contributed by atoms with E-state index in [-0.39, 0.29) is 18.3 Å². The number of benzene rings is 2. The van der Waals surface area contributed by atoms with Gasteiger partial charge in [-0.2, -0.15) is 0 Å². The molecule has 0 aromatic heterocycles. The molecule has 2 aromatic rings. The Morgan fingerprint density at radius 1 is 0.897 bits per heavy atom. The van der Waals surface area contributed by atoms with Crippen LogP contribution in [0.1, 0.15) is 43.2 Å². The van der Waals surface area contributed by atoms with Crippen molar-refractivity contribution in [2.75, 3.05) is 38.7 Å². The van der Waals surface area contributed by atoms with Crippen LogP contribution in [-0.4, -0.2) is 49.5 Å². The average molecular weight is 414 g/mol. The normalized spacial score (nSPS) is 22.3. The Bertz CT molecular complexity index is 818. The van der Waals surface area contributed by atoms with Gasteiger partial charge in [0.2, 0.25) is 0 Å². The van der Waals surface area contributed by atoms with Gasteiger partial charge in [-0.1, -0.05) is 61.4 Å². The highest BCUT2D eigenvalue weighted by Gasteiger charge is 2.52. The van der Waals surface area contributed by atoms with Gasteiger partial charge in [-0.05, 0) is 56.1 Å². The molecule has 1 atom stereocenters. The van der Waals surface area contributed by atoms with E-state index in [2.05, 4.69) is 47.4 Å². The zero-order chi connectivity index (χ0) is 19.6. The SMILES string of the molecule is CN(C)N1C(=O)C(CCN2CCCCCC2)(c2ccccc2)c2ccccc21.Cl. The molecular formula is C24H32ClN3O. The van der Waals surface area contributed by atoms with Crippen molar-refractivity contribution in [2.45, 2.75) is 37.5 Å². The third-order valence-electron chi connectivity index (χ3n) is 6.32. The number of likely N-dealkylation sites (tertiary alicyclic amines) is 1. The van der Waals surface area contributed by atoms with E-state index in [4.69, 9.17) is 0 Å². The lowest BCUT2D eigenvalue weighted by molar-refractivity contribution is -0.124. The van der Waals surface area contributed by atoms with Crippen molar-refractivity contribution in [3.8, 4) is 0 Å². The van der Waals surface area contributed by atoms with Gasteiger partial charge in [0.1, 0.15) is 5.41 Å². The summed E-state index contributed by atoms with van der Waals surface area (Å²) in [6.45, 7) is 3.26. The van der Waals surface area contributed by atoms with Crippen LogP contribution >= 0.6 is 12.4 Å². The second-order valence-corrected chi connectivity index (χ2v) is 8.26. The zero-order valence-corrected chi connectivity index (χ0v) is 18.3. The Morgan fingerprint density at radius 3 is 2.17 bits per heavy atom. The summed E-state index contributed by atoms with van der Waals surface area (Å²) in [6.07, 6.45) is 6.02. The van der Waals surface area contributed by atoms with E-state index < -0.39 is 5.41 Å². The second-order valence-electron chi connectivity index (χ2n) is 8.26. The summed E-state index contributed by atoms with van der Waals surface area (Å²) < 4.78 is 0. The standard InChI is InChI=1S/C24H31N3O.ClH/c1-25(2)27-22-15-9-8-14-21(22)24(23(27)28,20-12-6-5-7-13-20)16-19-26-17-10-3-4-11-18-26;/h5-9,12-15H,3-4,10-11,16-19H2,1-2H3;1H. The summed E-state index contributed by atoms with van der Waals surface area (Å²) in [4.78, 5) is 16.5. The molecule has 0 N–H and O–H groups in total. The van der Waals surface area contributed by atoms with Crippen molar-refractivity contribution in [1.29, 1.82) is 0 Å². The molecule has 4 rings (SSSR count). The van der Waals surface area contributed by atoms with Crippen LogP contribution in [0.15, 0.2) is 54.6 Å². The van der Waals surface area contributed by atoms with Crippen LogP contribution in [0.3, 0.4) is 0 Å². The van der Waals surface area contributed by atoms with Crippen LogP contribution in [0.5, 0.6) is 0 Å². The van der Waals surface area contributed by atoms with Gasteiger partial charge in [-0.15, -0.1) is 12.4 Å². The van der Waals surface area contributed by atoms with Gasteiger partial charge >= 0.3 is 0 Å². The molecule has 0 bridgehead atoms. The first-order valence-electron chi connectivity index (χ1n) is 10.5. The van der Waals surface area contributed by atoms with E-state index in [9.17, 15) is 4.79 Å². The highest BCUT2D eigenvalue weighted by Crippen LogP contribution is 2.48. The van der Waals surface area contributed by atoms with Gasteiger partial charge in [0, 0.05) is 14.1 Å². The summed E-state index contributed by atoms with van der Waals surface area (Å²) in [5.74, 6) is 0.166. The lowest BCUT2D eigenvalue weighted by Crippen LogP contribution is -2.48. The average Bonchev–Trinajstić information content (AvgIpc) is 2.85. The van der Waals surface area contributed by atoms with Crippen molar-refractivity contribution in [1.82, 2.24) is 9.91 Å². The minimum absolute atomic E-state index is 0. The summed E-state index contributed by atoms with van der Waals surface area (Å²) in [6, 6.07) is 18.7. The number of hydrogen-bond donors (Lipinski definition) is 0. The van der Waals surface area contributed by atoms with E-state index in [0.29, 0.717) is 0 Å². The third-order valence-corrected chi connectivity index (χ3v) is 6.32. The quantitative estimate of drug-likeness (QED) is 0.722. The molecule has 2 aliphatic rings. The molecule has 2 aromatic carbocycles. The minimum Gasteiger partial charge on any atom is -0.303 e. The molecule has 29 heavy (non-hydrogen) atoms. The number of anilines is 1. The number of nitrogens with zero attached hydrogens (tertiary/aromatic N) is 3. The van der Waals surface area contributed by atoms with Crippen LogP contribution in [0.2, 0.25) is 0 Å². The van der Waals surface area contributed by atoms with Crippen LogP contribution < -0.4 is 5.01 Å². The van der Waals surface area contributed by atoms with Crippen LogP contribution in [0.25, 0.3) is 0 Å². The van der Waals surface area contributed by atoms with E-state index in [1.807, 2.05) is 36.2 Å². The number of rotatable bonds is 5. The van der Waals surface area contributed by atoms with Gasteiger partial charge in [0.05, 0.1) is 5.69 Å². The van der Waals surface area contributed by atoms with Gasteiger partial charge in [-0.3, -0.25) is 4.79 Å². The number of halogens is 1. The molecule has 0 saturated carbocycles. The lowest BCUT2D eigenvalue weighted by atomic mass is 9.72. The Hall–Kier alpha value is -1.88. The summed E-state index contributed by atoms with van der Waals surface area (Å²) in [7, 11) is 3.90. The van der Waals surface area contributed by atoms with E-state index >= 15 is 0 Å². The molecule has 0 spiro atoms. The number of amides is 1. The highest BCUT2D eigenvalue weighted by molar-refractivity contribution is 6.09. The Kier molecular flexibility index (Phi) is 6.99. The molecule has 1 amide bonds. The monoisotopic (exact) mass is 413 g/mol. The largest absolute Gasteiger partial charge is 0.303 e. The molecule has 0 radical (unpaired) electrons. The maximum atomic E-state index is 13.9. The lowest BCUT2D eigenvalue weighted by Gasteiger charge is -2.33. The number of fused-ring (bicyclic) bond motifs is 1. The first kappa shape index (κ1) is 21.8. The van der Waals surface area contributed by atoms with Crippen molar-refractivity contribution in [2.24, 2.45) is 0 Å². The van der Waals surface area contributed by atoms with E-state index in [1.165, 1.54) is 25.7 Å². The molecule has 2 heterocycles. The zero-order valence-electron chi connectivity index (χ0n) is 17.5. The topological polar surface area (TPSA) is 26.8 Å². The van der Waals surface area contributed by atoms with Crippen LogP contribution in [0.4, 0.5) is 5.69 Å². The molecule has 4 nitrogen and oxygen atoms in total. The van der Waals surface area contributed by atoms with Crippen molar-refractivity contribution < 1.29 is 4.79 Å². The number of hydrazine groups is 1. The maximum Gasteiger partial charge on any atom is 0.256 e.